The Balaban J connectivity index is 1.42. The molecule has 4 heterocycles. The molecule has 0 aromatic carbocycles. The van der Waals surface area contributed by atoms with Crippen LogP contribution < -0.4 is 9.80 Å². The van der Waals surface area contributed by atoms with E-state index in [1.165, 1.54) is 25.7 Å². The maximum absolute atomic E-state index is 13.2. The molecule has 0 bridgehead atoms. The van der Waals surface area contributed by atoms with Crippen molar-refractivity contribution in [1.29, 1.82) is 0 Å². The van der Waals surface area contributed by atoms with E-state index in [2.05, 4.69) is 25.1 Å². The minimum Gasteiger partial charge on any atom is -0.355 e. The fourth-order valence-electron chi connectivity index (χ4n) is 4.37. The van der Waals surface area contributed by atoms with E-state index in [4.69, 9.17) is 0 Å². The highest BCUT2D eigenvalue weighted by atomic mass is 32.2. The summed E-state index contributed by atoms with van der Waals surface area (Å²) in [5.41, 5.74) is 1.22. The molecule has 10 heteroatoms. The number of sulfonamides is 1. The van der Waals surface area contributed by atoms with Crippen LogP contribution in [-0.2, 0) is 17.1 Å². The normalized spacial score (nSPS) is 19.2. The van der Waals surface area contributed by atoms with Crippen molar-refractivity contribution in [2.45, 2.75) is 44.4 Å². The molecular formula is C20H31N7O2S. The zero-order valence-electron chi connectivity index (χ0n) is 18.1. The molecule has 2 aliphatic rings. The van der Waals surface area contributed by atoms with Crippen LogP contribution in [0.1, 0.15) is 37.1 Å². The van der Waals surface area contributed by atoms with Crippen molar-refractivity contribution in [3.8, 4) is 0 Å². The lowest BCUT2D eigenvalue weighted by atomic mass is 10.2. The van der Waals surface area contributed by atoms with Gasteiger partial charge in [-0.3, -0.25) is 4.68 Å². The van der Waals surface area contributed by atoms with E-state index in [1.807, 2.05) is 12.1 Å². The van der Waals surface area contributed by atoms with Gasteiger partial charge in [-0.05, 0) is 38.8 Å². The fraction of sp³-hybridized carbons (Fsp3) is 0.650. The Morgan fingerprint density at radius 3 is 1.80 bits per heavy atom. The average Bonchev–Trinajstić information content (AvgIpc) is 2.93. The van der Waals surface area contributed by atoms with Crippen LogP contribution in [-0.4, -0.2) is 72.0 Å². The van der Waals surface area contributed by atoms with Crippen molar-refractivity contribution in [1.82, 2.24) is 24.3 Å². The molecule has 2 aromatic heterocycles. The van der Waals surface area contributed by atoms with Crippen LogP contribution in [0.3, 0.4) is 0 Å². The van der Waals surface area contributed by atoms with Gasteiger partial charge >= 0.3 is 0 Å². The highest BCUT2D eigenvalue weighted by molar-refractivity contribution is 7.89. The van der Waals surface area contributed by atoms with Crippen molar-refractivity contribution in [3.63, 3.8) is 0 Å². The summed E-state index contributed by atoms with van der Waals surface area (Å²) in [5.74, 6) is 1.74. The molecule has 2 saturated heterocycles. The number of aryl methyl sites for hydroxylation is 2. The van der Waals surface area contributed by atoms with Gasteiger partial charge in [0.05, 0.1) is 11.4 Å². The number of hydrogen-bond acceptors (Lipinski definition) is 7. The molecule has 4 rings (SSSR count). The topological polar surface area (TPSA) is 87.5 Å². The van der Waals surface area contributed by atoms with Gasteiger partial charge in [0.25, 0.3) is 0 Å². The Hall–Kier alpha value is -2.20. The minimum absolute atomic E-state index is 0.333. The molecule has 9 nitrogen and oxygen atoms in total. The molecule has 0 amide bonds. The van der Waals surface area contributed by atoms with E-state index in [-0.39, 0.29) is 0 Å². The van der Waals surface area contributed by atoms with Crippen LogP contribution >= 0.6 is 0 Å². The summed E-state index contributed by atoms with van der Waals surface area (Å²) in [6.45, 7) is 7.65. The Bertz CT molecular complexity index is 971. The van der Waals surface area contributed by atoms with Gasteiger partial charge in [0.2, 0.25) is 10.0 Å². The lowest BCUT2D eigenvalue weighted by Gasteiger charge is -2.34. The molecule has 0 radical (unpaired) electrons. The summed E-state index contributed by atoms with van der Waals surface area (Å²) >= 11 is 0. The third-order valence-corrected chi connectivity index (χ3v) is 8.32. The van der Waals surface area contributed by atoms with Crippen LogP contribution in [0.2, 0.25) is 0 Å². The van der Waals surface area contributed by atoms with Crippen molar-refractivity contribution < 1.29 is 8.42 Å². The summed E-state index contributed by atoms with van der Waals surface area (Å²) in [5, 5.41) is 13.2. The van der Waals surface area contributed by atoms with Crippen LogP contribution in [0, 0.1) is 13.8 Å². The Kier molecular flexibility index (Phi) is 5.97. The van der Waals surface area contributed by atoms with Gasteiger partial charge < -0.3 is 9.80 Å². The Morgan fingerprint density at radius 1 is 0.800 bits per heavy atom. The maximum Gasteiger partial charge on any atom is 0.246 e. The lowest BCUT2D eigenvalue weighted by molar-refractivity contribution is 0.383. The third-order valence-electron chi connectivity index (χ3n) is 6.17. The molecule has 2 aliphatic heterocycles. The van der Waals surface area contributed by atoms with Gasteiger partial charge in [-0.1, -0.05) is 12.8 Å². The van der Waals surface area contributed by atoms with Gasteiger partial charge in [0.15, 0.2) is 11.6 Å². The van der Waals surface area contributed by atoms with Crippen molar-refractivity contribution >= 4 is 21.7 Å². The summed E-state index contributed by atoms with van der Waals surface area (Å²) in [4.78, 5) is 4.75. The largest absolute Gasteiger partial charge is 0.355 e. The summed E-state index contributed by atoms with van der Waals surface area (Å²) < 4.78 is 29.5. The monoisotopic (exact) mass is 433 g/mol. The second kappa shape index (κ2) is 8.50. The highest BCUT2D eigenvalue weighted by Crippen LogP contribution is 2.25. The maximum atomic E-state index is 13.2. The first-order valence-corrected chi connectivity index (χ1v) is 12.2. The molecule has 0 spiro atoms. The number of anilines is 2. The Labute approximate surface area is 178 Å². The average molecular weight is 434 g/mol. The second-order valence-corrected chi connectivity index (χ2v) is 10.0. The SMILES string of the molecule is Cc1nn(C)c(C)c1S(=O)(=O)N1CCN(c2ccc(N3CCCCCC3)nn2)CC1. The van der Waals surface area contributed by atoms with Crippen LogP contribution in [0.4, 0.5) is 11.6 Å². The molecule has 0 atom stereocenters. The first-order chi connectivity index (χ1) is 14.4. The van der Waals surface area contributed by atoms with E-state index < -0.39 is 10.0 Å². The summed E-state index contributed by atoms with van der Waals surface area (Å²) in [7, 11) is -1.78. The molecule has 0 saturated carbocycles. The first-order valence-electron chi connectivity index (χ1n) is 10.7. The van der Waals surface area contributed by atoms with Crippen molar-refractivity contribution in [2.75, 3.05) is 49.1 Å². The van der Waals surface area contributed by atoms with Gasteiger partial charge in [0.1, 0.15) is 4.90 Å². The summed E-state index contributed by atoms with van der Waals surface area (Å²) in [6.07, 6.45) is 4.98. The standard InChI is InChI=1S/C20H31N7O2S/c1-16-20(17(2)24(3)23-16)30(28,29)27-14-12-26(13-15-27)19-9-8-18(21-22-19)25-10-6-4-5-7-11-25/h8-9H,4-7,10-15H2,1-3H3. The third kappa shape index (κ3) is 4.02. The molecule has 2 fully saturated rings. The van der Waals surface area contributed by atoms with Gasteiger partial charge in [-0.25, -0.2) is 8.42 Å². The predicted octanol–water partition coefficient (Wildman–Crippen LogP) is 1.72. The highest BCUT2D eigenvalue weighted by Gasteiger charge is 2.33. The second-order valence-electron chi connectivity index (χ2n) is 8.17. The van der Waals surface area contributed by atoms with Crippen LogP contribution in [0.25, 0.3) is 0 Å². The van der Waals surface area contributed by atoms with E-state index in [0.717, 1.165) is 24.7 Å². The molecule has 2 aromatic rings. The molecule has 0 N–H and O–H groups in total. The number of hydrogen-bond donors (Lipinski definition) is 0. The van der Waals surface area contributed by atoms with Crippen LogP contribution in [0.5, 0.6) is 0 Å². The Morgan fingerprint density at radius 2 is 1.33 bits per heavy atom. The van der Waals surface area contributed by atoms with E-state index in [0.29, 0.717) is 42.5 Å². The zero-order valence-corrected chi connectivity index (χ0v) is 18.9. The van der Waals surface area contributed by atoms with Gasteiger partial charge in [0, 0.05) is 46.3 Å². The molecule has 0 aliphatic carbocycles. The molecule has 30 heavy (non-hydrogen) atoms. The molecule has 0 unspecified atom stereocenters. The van der Waals surface area contributed by atoms with Gasteiger partial charge in [-0.15, -0.1) is 10.2 Å². The van der Waals surface area contributed by atoms with E-state index in [9.17, 15) is 8.42 Å². The molecule has 164 valence electrons. The van der Waals surface area contributed by atoms with E-state index >= 15 is 0 Å². The lowest BCUT2D eigenvalue weighted by Crippen LogP contribution is -2.49. The smallest absolute Gasteiger partial charge is 0.246 e. The number of piperazine rings is 1. The summed E-state index contributed by atoms with van der Waals surface area (Å²) in [6, 6.07) is 4.05. The number of nitrogens with zero attached hydrogens (tertiary/aromatic N) is 7. The quantitative estimate of drug-likeness (QED) is 0.725. The van der Waals surface area contributed by atoms with E-state index in [1.54, 1.807) is 29.9 Å². The molecular weight excluding hydrogens is 402 g/mol. The number of aromatic nitrogens is 4. The van der Waals surface area contributed by atoms with Crippen molar-refractivity contribution in [3.05, 3.63) is 23.5 Å². The van der Waals surface area contributed by atoms with Crippen LogP contribution in [0.15, 0.2) is 17.0 Å². The first kappa shape index (κ1) is 21.0. The minimum atomic E-state index is -3.55. The fourth-order valence-corrected chi connectivity index (χ4v) is 6.19. The predicted molar refractivity (Wildman–Crippen MR) is 116 cm³/mol. The zero-order chi connectivity index (χ0) is 21.3. The number of rotatable bonds is 4. The van der Waals surface area contributed by atoms with Crippen molar-refractivity contribution in [2.24, 2.45) is 7.05 Å². The van der Waals surface area contributed by atoms with Gasteiger partial charge in [-0.2, -0.15) is 9.40 Å².